The number of alkyl halides is 3. The third-order valence-electron chi connectivity index (χ3n) is 6.19. The molecule has 3 aromatic rings. The molecule has 9 nitrogen and oxygen atoms in total. The molecule has 2 aromatic carbocycles. The van der Waals surface area contributed by atoms with Crippen molar-refractivity contribution in [3.8, 4) is 5.75 Å². The summed E-state index contributed by atoms with van der Waals surface area (Å²) in [6.45, 7) is 9.30. The van der Waals surface area contributed by atoms with Crippen LogP contribution >= 0.6 is 0 Å². The summed E-state index contributed by atoms with van der Waals surface area (Å²) >= 11 is 0. The van der Waals surface area contributed by atoms with Crippen molar-refractivity contribution in [2.75, 3.05) is 43.5 Å². The first-order chi connectivity index (χ1) is 17.9. The number of carbonyl (C=O) groups is 1. The molecule has 0 saturated carbocycles. The van der Waals surface area contributed by atoms with Crippen LogP contribution in [-0.4, -0.2) is 65.3 Å². The van der Waals surface area contributed by atoms with Crippen molar-refractivity contribution in [3.05, 3.63) is 47.5 Å². The van der Waals surface area contributed by atoms with Crippen LogP contribution in [0.1, 0.15) is 44.9 Å². The Morgan fingerprint density at radius 3 is 2.39 bits per heavy atom. The first-order valence-electron chi connectivity index (χ1n) is 12.2. The van der Waals surface area contributed by atoms with Crippen LogP contribution in [0.5, 0.6) is 5.75 Å². The Balaban J connectivity index is 1.58. The maximum Gasteiger partial charge on any atom is 0.416 e. The van der Waals surface area contributed by atoms with E-state index in [0.717, 1.165) is 17.8 Å². The summed E-state index contributed by atoms with van der Waals surface area (Å²) in [5, 5.41) is 15.9. The lowest BCUT2D eigenvalue weighted by Gasteiger charge is -2.37. The van der Waals surface area contributed by atoms with Gasteiger partial charge < -0.3 is 24.6 Å². The monoisotopic (exact) mass is 532 g/mol. The zero-order valence-electron chi connectivity index (χ0n) is 22.0. The molecule has 4 rings (SSSR count). The highest BCUT2D eigenvalue weighted by atomic mass is 19.4. The summed E-state index contributed by atoms with van der Waals surface area (Å²) < 4.78 is 50.7. The minimum absolute atomic E-state index is 0.350. The van der Waals surface area contributed by atoms with E-state index in [4.69, 9.17) is 9.47 Å². The van der Waals surface area contributed by atoms with Crippen molar-refractivity contribution >= 4 is 28.5 Å². The zero-order chi connectivity index (χ0) is 27.7. The average molecular weight is 533 g/mol. The summed E-state index contributed by atoms with van der Waals surface area (Å²) in [6.07, 6.45) is -4.78. The molecule has 1 aromatic heterocycles. The predicted octanol–water partition coefficient (Wildman–Crippen LogP) is 5.28. The molecule has 0 radical (unpaired) electrons. The fourth-order valence-electron chi connectivity index (χ4n) is 4.25. The van der Waals surface area contributed by atoms with Crippen LogP contribution in [0.4, 0.5) is 29.5 Å². The number of piperazine rings is 1. The summed E-state index contributed by atoms with van der Waals surface area (Å²) in [5.41, 5.74) is 0.476. The van der Waals surface area contributed by atoms with Gasteiger partial charge in [0.15, 0.2) is 5.82 Å². The lowest BCUT2D eigenvalue weighted by atomic mass is 10.0. The van der Waals surface area contributed by atoms with Gasteiger partial charge in [0.1, 0.15) is 16.9 Å². The Labute approximate surface area is 218 Å². The molecule has 1 aliphatic rings. The Morgan fingerprint density at radius 2 is 1.76 bits per heavy atom. The van der Waals surface area contributed by atoms with E-state index in [-0.39, 0.29) is 6.09 Å². The number of hydrogen-bond donors (Lipinski definition) is 1. The van der Waals surface area contributed by atoms with Gasteiger partial charge >= 0.3 is 12.3 Å². The normalized spacial score (nSPS) is 15.4. The molecule has 1 atom stereocenters. The summed E-state index contributed by atoms with van der Waals surface area (Å²) in [6, 6.07) is 8.31. The molecule has 1 N–H and O–H groups in total. The number of halogens is 3. The van der Waals surface area contributed by atoms with Crippen LogP contribution in [0.25, 0.3) is 10.9 Å². The number of carbonyl (C=O) groups excluding carboxylic acids is 1. The van der Waals surface area contributed by atoms with Gasteiger partial charge in [-0.15, -0.1) is 10.2 Å². The van der Waals surface area contributed by atoms with E-state index in [9.17, 15) is 18.0 Å². The van der Waals surface area contributed by atoms with Gasteiger partial charge in [0, 0.05) is 37.6 Å². The van der Waals surface area contributed by atoms with E-state index in [1.54, 1.807) is 31.1 Å². The second-order valence-electron chi connectivity index (χ2n) is 10.1. The van der Waals surface area contributed by atoms with Gasteiger partial charge in [-0.25, -0.2) is 4.79 Å². The van der Waals surface area contributed by atoms with E-state index < -0.39 is 23.4 Å². The van der Waals surface area contributed by atoms with E-state index in [0.29, 0.717) is 54.2 Å². The fourth-order valence-corrected chi connectivity index (χ4v) is 4.25. The predicted molar refractivity (Wildman–Crippen MR) is 137 cm³/mol. The number of nitrogens with zero attached hydrogens (tertiary/aromatic N) is 5. The standard InChI is InChI=1S/C26H31F3N6O3/c1-16(17-7-6-8-18(13-17)26(27,28)29)30-23-19-14-21(22(37-5)15-20(19)31-33-32-23)34-9-11-35(12-10-34)24(36)38-25(2,3)4/h6-8,13-16H,9-12H2,1-5H3,(H,30,31,32)/t16-/m1/s1. The molecule has 1 fully saturated rings. The number of ether oxygens (including phenoxy) is 2. The number of methoxy groups -OCH3 is 1. The zero-order valence-corrected chi connectivity index (χ0v) is 22.0. The number of rotatable bonds is 5. The molecular weight excluding hydrogens is 501 g/mol. The van der Waals surface area contributed by atoms with Crippen molar-refractivity contribution in [2.24, 2.45) is 0 Å². The third-order valence-corrected chi connectivity index (χ3v) is 6.19. The van der Waals surface area contributed by atoms with Crippen molar-refractivity contribution < 1.29 is 27.4 Å². The number of benzene rings is 2. The van der Waals surface area contributed by atoms with E-state index in [1.807, 2.05) is 26.8 Å². The lowest BCUT2D eigenvalue weighted by Crippen LogP contribution is -2.50. The number of aromatic nitrogens is 3. The minimum Gasteiger partial charge on any atom is -0.495 e. The van der Waals surface area contributed by atoms with Crippen molar-refractivity contribution in [2.45, 2.75) is 45.5 Å². The van der Waals surface area contributed by atoms with Gasteiger partial charge in [0.05, 0.1) is 24.4 Å². The van der Waals surface area contributed by atoms with E-state index in [1.165, 1.54) is 6.07 Å². The Hall–Kier alpha value is -3.83. The van der Waals surface area contributed by atoms with Gasteiger partial charge in [0.25, 0.3) is 0 Å². The lowest BCUT2D eigenvalue weighted by molar-refractivity contribution is -0.137. The largest absolute Gasteiger partial charge is 0.495 e. The van der Waals surface area contributed by atoms with Gasteiger partial charge in [-0.2, -0.15) is 13.2 Å². The number of anilines is 2. The maximum absolute atomic E-state index is 13.2. The fraction of sp³-hybridized carbons (Fsp3) is 0.462. The molecule has 204 valence electrons. The Morgan fingerprint density at radius 1 is 1.05 bits per heavy atom. The molecule has 38 heavy (non-hydrogen) atoms. The van der Waals surface area contributed by atoms with Crippen LogP contribution in [0.2, 0.25) is 0 Å². The van der Waals surface area contributed by atoms with Gasteiger partial charge in [0.2, 0.25) is 0 Å². The molecule has 0 bridgehead atoms. The van der Waals surface area contributed by atoms with E-state index >= 15 is 0 Å². The Bertz CT molecular complexity index is 1300. The molecule has 0 aliphatic carbocycles. The van der Waals surface area contributed by atoms with Gasteiger partial charge in [-0.3, -0.25) is 0 Å². The van der Waals surface area contributed by atoms with Crippen LogP contribution in [0.15, 0.2) is 36.4 Å². The highest BCUT2D eigenvalue weighted by Crippen LogP contribution is 2.36. The van der Waals surface area contributed by atoms with Crippen LogP contribution in [-0.2, 0) is 10.9 Å². The molecule has 1 amide bonds. The van der Waals surface area contributed by atoms with Crippen LogP contribution < -0.4 is 15.0 Å². The molecule has 1 saturated heterocycles. The first kappa shape index (κ1) is 27.2. The first-order valence-corrected chi connectivity index (χ1v) is 12.2. The maximum atomic E-state index is 13.2. The number of hydrogen-bond acceptors (Lipinski definition) is 8. The van der Waals surface area contributed by atoms with Crippen LogP contribution in [0, 0.1) is 0 Å². The molecule has 12 heteroatoms. The second kappa shape index (κ2) is 10.5. The SMILES string of the molecule is COc1cc2nnnc(N[C@H](C)c3cccc(C(F)(F)F)c3)c2cc1N1CCN(C(=O)OC(C)(C)C)CC1. The Kier molecular flexibility index (Phi) is 7.52. The average Bonchev–Trinajstić information content (AvgIpc) is 2.86. The van der Waals surface area contributed by atoms with Crippen molar-refractivity contribution in [1.82, 2.24) is 20.3 Å². The van der Waals surface area contributed by atoms with Crippen LogP contribution in [0.3, 0.4) is 0 Å². The molecule has 1 aliphatic heterocycles. The summed E-state index contributed by atoms with van der Waals surface area (Å²) in [7, 11) is 1.56. The van der Waals surface area contributed by atoms with Gasteiger partial charge in [-0.1, -0.05) is 12.1 Å². The second-order valence-corrected chi connectivity index (χ2v) is 10.1. The van der Waals surface area contributed by atoms with E-state index in [2.05, 4.69) is 25.6 Å². The molecular formula is C26H31F3N6O3. The van der Waals surface area contributed by atoms with Crippen molar-refractivity contribution in [3.63, 3.8) is 0 Å². The van der Waals surface area contributed by atoms with Crippen molar-refractivity contribution in [1.29, 1.82) is 0 Å². The molecule has 0 unspecified atom stereocenters. The number of amides is 1. The summed E-state index contributed by atoms with van der Waals surface area (Å²) in [5.74, 6) is 0.969. The quantitative estimate of drug-likeness (QED) is 0.475. The highest BCUT2D eigenvalue weighted by molar-refractivity contribution is 5.93. The number of fused-ring (bicyclic) bond motifs is 1. The smallest absolute Gasteiger partial charge is 0.416 e. The highest BCUT2D eigenvalue weighted by Gasteiger charge is 2.31. The molecule has 0 spiro atoms. The molecule has 2 heterocycles. The van der Waals surface area contributed by atoms with Gasteiger partial charge in [-0.05, 0) is 56.7 Å². The number of nitrogens with one attached hydrogen (secondary N) is 1. The third kappa shape index (κ3) is 6.17. The topological polar surface area (TPSA) is 92.7 Å². The summed E-state index contributed by atoms with van der Waals surface area (Å²) in [4.78, 5) is 16.2. The minimum atomic E-state index is -4.43.